The number of benzene rings is 1. The molecule has 0 saturated carbocycles. The number of hydrogen-bond donors (Lipinski definition) is 0. The Balaban J connectivity index is 2.79. The van der Waals surface area contributed by atoms with Gasteiger partial charge in [0.25, 0.3) is 0 Å². The van der Waals surface area contributed by atoms with Gasteiger partial charge in [-0.15, -0.1) is 0 Å². The van der Waals surface area contributed by atoms with Gasteiger partial charge in [-0.25, -0.2) is 0 Å². The number of aryl methyl sites for hydroxylation is 2. The van der Waals surface area contributed by atoms with Crippen LogP contribution in [-0.4, -0.2) is 30.8 Å². The Bertz CT molecular complexity index is 506. The van der Waals surface area contributed by atoms with Crippen LogP contribution in [0, 0.1) is 23.2 Å². The van der Waals surface area contributed by atoms with Crippen LogP contribution in [0.3, 0.4) is 0 Å². The van der Waals surface area contributed by atoms with Crippen LogP contribution in [0.25, 0.3) is 10.2 Å². The van der Waals surface area contributed by atoms with Crippen molar-refractivity contribution in [1.29, 1.82) is 0 Å². The molecule has 66 valence electrons. The normalized spacial score (nSPS) is 9.79. The fraction of sp³-hybridized carbons (Fsp3) is 0.182. The van der Waals surface area contributed by atoms with Gasteiger partial charge in [-0.1, -0.05) is 0 Å². The van der Waals surface area contributed by atoms with Crippen molar-refractivity contribution in [2.45, 2.75) is 13.8 Å². The third-order valence-corrected chi connectivity index (χ3v) is 3.79. The van der Waals surface area contributed by atoms with E-state index in [9.17, 15) is 0 Å². The average Bonchev–Trinajstić information content (AvgIpc) is 2.57. The summed E-state index contributed by atoms with van der Waals surface area (Å²) in [4.78, 5) is 4.53. The van der Waals surface area contributed by atoms with Crippen molar-refractivity contribution in [3.63, 3.8) is 0 Å². The van der Waals surface area contributed by atoms with E-state index >= 15 is 0 Å². The Hall–Kier alpha value is -0.408. The molecule has 0 radical (unpaired) electrons. The third-order valence-electron chi connectivity index (χ3n) is 2.12. The first-order valence-electron chi connectivity index (χ1n) is 4.30. The van der Waals surface area contributed by atoms with Crippen LogP contribution in [0.2, 0.25) is 0 Å². The van der Waals surface area contributed by atoms with E-state index in [0.717, 1.165) is 36.3 Å². The van der Waals surface area contributed by atoms with Crippen molar-refractivity contribution in [3.8, 4) is 9.40 Å². The summed E-state index contributed by atoms with van der Waals surface area (Å²) in [7, 11) is 0. The predicted molar refractivity (Wildman–Crippen MR) is 61.7 cm³/mol. The Morgan fingerprint density at radius 2 is 2.00 bits per heavy atom. The summed E-state index contributed by atoms with van der Waals surface area (Å²) in [5.74, 6) is 3.08. The molecule has 0 aliphatic carbocycles. The van der Waals surface area contributed by atoms with Gasteiger partial charge in [0, 0.05) is 0 Å². The van der Waals surface area contributed by atoms with Crippen LogP contribution in [0.15, 0.2) is 12.1 Å². The van der Waals surface area contributed by atoms with Crippen molar-refractivity contribution in [2.24, 2.45) is 0 Å². The Labute approximate surface area is 103 Å². The molecule has 2 aromatic rings. The van der Waals surface area contributed by atoms with Gasteiger partial charge in [-0.2, -0.15) is 0 Å². The summed E-state index contributed by atoms with van der Waals surface area (Å²) in [6.45, 7) is 4.22. The number of aromatic nitrogens is 1. The SMILES string of the molecule is Cc1ccc(C)c2sc(C#[C][Tl])nc12. The monoisotopic (exact) mass is 391 g/mol. The first-order valence-corrected chi connectivity index (χ1v) is 7.37. The molecule has 1 aromatic carbocycles. The number of hydrogen-bond acceptors (Lipinski definition) is 2. The Kier molecular flexibility index (Phi) is 2.88. The van der Waals surface area contributed by atoms with E-state index < -0.39 is 0 Å². The number of fused-ring (bicyclic) bond motifs is 1. The van der Waals surface area contributed by atoms with Crippen LogP contribution in [0.1, 0.15) is 16.1 Å². The van der Waals surface area contributed by atoms with E-state index in [0.29, 0.717) is 0 Å². The fourth-order valence-electron chi connectivity index (χ4n) is 1.37. The van der Waals surface area contributed by atoms with Gasteiger partial charge < -0.3 is 0 Å². The van der Waals surface area contributed by atoms with Crippen LogP contribution in [-0.2, 0) is 0 Å². The van der Waals surface area contributed by atoms with Gasteiger partial charge >= 0.3 is 104 Å². The summed E-state index contributed by atoms with van der Waals surface area (Å²) in [5, 5.41) is 0.958. The molecular weight excluding hydrogens is 383 g/mol. The Morgan fingerprint density at radius 1 is 1.29 bits per heavy atom. The molecule has 2 rings (SSSR count). The number of rotatable bonds is 0. The topological polar surface area (TPSA) is 12.9 Å². The maximum absolute atomic E-state index is 4.53. The van der Waals surface area contributed by atoms with Crippen LogP contribution >= 0.6 is 11.3 Å². The number of nitrogens with zero attached hydrogens (tertiary/aromatic N) is 1. The minimum absolute atomic E-state index is 0.731. The van der Waals surface area contributed by atoms with Crippen molar-refractivity contribution in [3.05, 3.63) is 28.3 Å². The van der Waals surface area contributed by atoms with Gasteiger partial charge in [-0.3, -0.25) is 0 Å². The molecule has 1 aromatic heterocycles. The number of thiazole rings is 1. The van der Waals surface area contributed by atoms with E-state index in [4.69, 9.17) is 0 Å². The molecule has 0 saturated heterocycles. The summed E-state index contributed by atoms with van der Waals surface area (Å²) in [5.41, 5.74) is 3.66. The van der Waals surface area contributed by atoms with E-state index in [-0.39, 0.29) is 0 Å². The zero-order chi connectivity index (χ0) is 10.1. The van der Waals surface area contributed by atoms with Gasteiger partial charge in [-0.05, 0) is 0 Å². The van der Waals surface area contributed by atoms with E-state index in [1.165, 1.54) is 15.8 Å². The molecule has 14 heavy (non-hydrogen) atoms. The molecule has 0 atom stereocenters. The first-order chi connectivity index (χ1) is 6.72. The van der Waals surface area contributed by atoms with Gasteiger partial charge in [0.05, 0.1) is 0 Å². The molecule has 0 N–H and O–H groups in total. The summed E-state index contributed by atoms with van der Waals surface area (Å²) in [6.07, 6.45) is 0. The molecule has 1 heterocycles. The van der Waals surface area contributed by atoms with E-state index in [2.05, 4.69) is 40.4 Å². The molecule has 0 aliphatic rings. The van der Waals surface area contributed by atoms with Crippen molar-refractivity contribution in [1.82, 2.24) is 4.98 Å². The van der Waals surface area contributed by atoms with Crippen LogP contribution in [0.5, 0.6) is 0 Å². The summed E-state index contributed by atoms with van der Waals surface area (Å²) >= 11 is 2.44. The third kappa shape index (κ3) is 1.71. The molecule has 3 heteroatoms. The van der Waals surface area contributed by atoms with E-state index in [1.54, 1.807) is 11.3 Å². The standard InChI is InChI=1S/C11H8NS.Tl/c1-4-9-12-10-7(2)5-6-8(3)11(10)13-9;/h5-6H,2-3H3;. The summed E-state index contributed by atoms with van der Waals surface area (Å²) < 4.78 is 4.33. The van der Waals surface area contributed by atoms with Gasteiger partial charge in [0.15, 0.2) is 0 Å². The molecule has 0 unspecified atom stereocenters. The van der Waals surface area contributed by atoms with Crippen molar-refractivity contribution in [2.75, 3.05) is 0 Å². The van der Waals surface area contributed by atoms with Crippen LogP contribution in [0.4, 0.5) is 0 Å². The van der Waals surface area contributed by atoms with Crippen molar-refractivity contribution >= 4 is 47.3 Å². The second-order valence-electron chi connectivity index (χ2n) is 3.17. The average molecular weight is 391 g/mol. The zero-order valence-corrected chi connectivity index (χ0v) is 13.4. The second-order valence-corrected chi connectivity index (χ2v) is 5.29. The van der Waals surface area contributed by atoms with Gasteiger partial charge in [0.2, 0.25) is 0 Å². The second kappa shape index (κ2) is 3.99. The first kappa shape index (κ1) is 10.1. The molecule has 0 spiro atoms. The Morgan fingerprint density at radius 3 is 2.64 bits per heavy atom. The predicted octanol–water partition coefficient (Wildman–Crippen LogP) is 2.39. The maximum atomic E-state index is 4.53. The zero-order valence-electron chi connectivity index (χ0n) is 8.09. The molecule has 0 bridgehead atoms. The van der Waals surface area contributed by atoms with E-state index in [1.807, 2.05) is 0 Å². The molecule has 0 fully saturated rings. The molecule has 1 nitrogen and oxygen atoms in total. The molecule has 0 amide bonds. The van der Waals surface area contributed by atoms with Crippen molar-refractivity contribution < 1.29 is 0 Å². The molecular formula is C11H8NSTl. The van der Waals surface area contributed by atoms with Gasteiger partial charge in [0.1, 0.15) is 0 Å². The fourth-order valence-corrected chi connectivity index (χ4v) is 3.29. The summed E-state index contributed by atoms with van der Waals surface area (Å²) in [6, 6.07) is 4.27. The van der Waals surface area contributed by atoms with Crippen LogP contribution < -0.4 is 0 Å². The molecule has 0 aliphatic heterocycles. The minimum atomic E-state index is 0.731. The quantitative estimate of drug-likeness (QED) is 0.497.